The maximum Gasteiger partial charge on any atom is 0.240 e. The molecule has 3 rings (SSSR count). The molecule has 1 saturated heterocycles. The van der Waals surface area contributed by atoms with Crippen LogP contribution in [0.15, 0.2) is 45.9 Å². The molecule has 0 amide bonds. The summed E-state index contributed by atoms with van der Waals surface area (Å²) in [6, 6.07) is 5.84. The average Bonchev–Trinajstić information content (AvgIpc) is 3.24. The molecule has 0 aliphatic carbocycles. The molecule has 0 spiro atoms. The minimum atomic E-state index is -3.94. The van der Waals surface area contributed by atoms with E-state index < -0.39 is 21.7 Å². The van der Waals surface area contributed by atoms with E-state index in [1.54, 1.807) is 18.4 Å². The lowest BCUT2D eigenvalue weighted by Crippen LogP contribution is -2.36. The summed E-state index contributed by atoms with van der Waals surface area (Å²) in [5.41, 5.74) is 0. The molecule has 0 radical (unpaired) electrons. The number of likely N-dealkylation sites (tertiary alicyclic amines) is 1. The summed E-state index contributed by atoms with van der Waals surface area (Å²) in [5, 5.41) is 0. The lowest BCUT2D eigenvalue weighted by molar-refractivity contribution is 0.216. The zero-order valence-electron chi connectivity index (χ0n) is 12.9. The van der Waals surface area contributed by atoms with Crippen molar-refractivity contribution in [1.82, 2.24) is 9.62 Å². The summed E-state index contributed by atoms with van der Waals surface area (Å²) in [7, 11) is -3.94. The van der Waals surface area contributed by atoms with Crippen molar-refractivity contribution in [2.45, 2.75) is 23.8 Å². The number of benzene rings is 1. The highest BCUT2D eigenvalue weighted by molar-refractivity contribution is 7.89. The van der Waals surface area contributed by atoms with Crippen molar-refractivity contribution in [3.05, 3.63) is 54.0 Å². The van der Waals surface area contributed by atoms with Crippen LogP contribution in [-0.4, -0.2) is 33.0 Å². The number of hydrogen-bond donors (Lipinski definition) is 1. The Morgan fingerprint density at radius 3 is 2.54 bits per heavy atom. The lowest BCUT2D eigenvalue weighted by Gasteiger charge is -2.25. The standard InChI is InChI=1S/C16H18F2N2O3S/c17-13-6-5-12(10-14(13)18)24(21,22)19-11-15(16-4-3-9-23-16)20-7-1-2-8-20/h3-6,9-10,15,19H,1-2,7-8,11H2. The zero-order chi connectivity index (χ0) is 17.2. The molecule has 1 unspecified atom stereocenters. The topological polar surface area (TPSA) is 62.6 Å². The zero-order valence-corrected chi connectivity index (χ0v) is 13.7. The van der Waals surface area contributed by atoms with Gasteiger partial charge in [-0.05, 0) is 56.3 Å². The first kappa shape index (κ1) is 17.1. The first-order valence-electron chi connectivity index (χ1n) is 7.69. The molecule has 1 aromatic heterocycles. The SMILES string of the molecule is O=S(=O)(NCC(c1ccco1)N1CCCC1)c1ccc(F)c(F)c1. The van der Waals surface area contributed by atoms with Crippen LogP contribution in [0, 0.1) is 11.6 Å². The van der Waals surface area contributed by atoms with Gasteiger partial charge >= 0.3 is 0 Å². The van der Waals surface area contributed by atoms with E-state index >= 15 is 0 Å². The molecule has 1 atom stereocenters. The van der Waals surface area contributed by atoms with Gasteiger partial charge in [0.1, 0.15) is 5.76 Å². The van der Waals surface area contributed by atoms with E-state index in [0.29, 0.717) is 11.8 Å². The second-order valence-corrected chi connectivity index (χ2v) is 7.47. The molecule has 0 saturated carbocycles. The highest BCUT2D eigenvalue weighted by atomic mass is 32.2. The van der Waals surface area contributed by atoms with Crippen molar-refractivity contribution in [2.24, 2.45) is 0 Å². The normalized spacial score (nSPS) is 17.2. The van der Waals surface area contributed by atoms with Crippen LogP contribution in [-0.2, 0) is 10.0 Å². The van der Waals surface area contributed by atoms with Crippen LogP contribution in [0.4, 0.5) is 8.78 Å². The first-order valence-corrected chi connectivity index (χ1v) is 9.18. The molecule has 8 heteroatoms. The van der Waals surface area contributed by atoms with E-state index in [1.165, 1.54) is 0 Å². The number of sulfonamides is 1. The Morgan fingerprint density at radius 2 is 1.92 bits per heavy atom. The van der Waals surface area contributed by atoms with Crippen LogP contribution < -0.4 is 4.72 Å². The van der Waals surface area contributed by atoms with Gasteiger partial charge in [0, 0.05) is 6.54 Å². The highest BCUT2D eigenvalue weighted by Crippen LogP contribution is 2.25. The van der Waals surface area contributed by atoms with Crippen LogP contribution in [0.3, 0.4) is 0 Å². The summed E-state index contributed by atoms with van der Waals surface area (Å²) in [5.74, 6) is -1.61. The molecule has 130 valence electrons. The van der Waals surface area contributed by atoms with E-state index in [9.17, 15) is 17.2 Å². The smallest absolute Gasteiger partial charge is 0.240 e. The fraction of sp³-hybridized carbons (Fsp3) is 0.375. The van der Waals surface area contributed by atoms with Crippen LogP contribution in [0.2, 0.25) is 0 Å². The summed E-state index contributed by atoms with van der Waals surface area (Å²) in [6.07, 6.45) is 3.64. The average molecular weight is 356 g/mol. The summed E-state index contributed by atoms with van der Waals surface area (Å²) >= 11 is 0. The van der Waals surface area contributed by atoms with Gasteiger partial charge in [0.05, 0.1) is 17.2 Å². The number of nitrogens with one attached hydrogen (secondary N) is 1. The molecule has 2 heterocycles. The Balaban J connectivity index is 1.76. The van der Waals surface area contributed by atoms with Gasteiger partial charge in [-0.3, -0.25) is 4.90 Å². The predicted octanol–water partition coefficient (Wildman–Crippen LogP) is 2.67. The maximum absolute atomic E-state index is 13.3. The van der Waals surface area contributed by atoms with Gasteiger partial charge in [0.2, 0.25) is 10.0 Å². The van der Waals surface area contributed by atoms with Gasteiger partial charge in [-0.15, -0.1) is 0 Å². The number of hydrogen-bond acceptors (Lipinski definition) is 4. The van der Waals surface area contributed by atoms with Crippen LogP contribution in [0.5, 0.6) is 0 Å². The van der Waals surface area contributed by atoms with Crippen LogP contribution >= 0.6 is 0 Å². The number of furan rings is 1. The van der Waals surface area contributed by atoms with Crippen molar-refractivity contribution >= 4 is 10.0 Å². The van der Waals surface area contributed by atoms with Crippen molar-refractivity contribution < 1.29 is 21.6 Å². The number of halogens is 2. The lowest BCUT2D eigenvalue weighted by atomic mass is 10.2. The summed E-state index contributed by atoms with van der Waals surface area (Å²) < 4.78 is 58.8. The van der Waals surface area contributed by atoms with Gasteiger partial charge in [-0.25, -0.2) is 21.9 Å². The van der Waals surface area contributed by atoms with E-state index in [1.807, 2.05) is 0 Å². The molecule has 1 fully saturated rings. The summed E-state index contributed by atoms with van der Waals surface area (Å²) in [4.78, 5) is 1.84. The molecule has 0 bridgehead atoms. The third-order valence-electron chi connectivity index (χ3n) is 4.12. The van der Waals surface area contributed by atoms with Gasteiger partial charge in [-0.1, -0.05) is 0 Å². The van der Waals surface area contributed by atoms with E-state index in [-0.39, 0.29) is 17.5 Å². The van der Waals surface area contributed by atoms with Crippen molar-refractivity contribution in [3.8, 4) is 0 Å². The Kier molecular flexibility index (Phi) is 4.98. The largest absolute Gasteiger partial charge is 0.468 e. The van der Waals surface area contributed by atoms with Gasteiger partial charge in [0.25, 0.3) is 0 Å². The highest BCUT2D eigenvalue weighted by Gasteiger charge is 2.27. The molecule has 2 aromatic rings. The fourth-order valence-corrected chi connectivity index (χ4v) is 3.91. The second kappa shape index (κ2) is 7.00. The fourth-order valence-electron chi connectivity index (χ4n) is 2.86. The molecule has 1 N–H and O–H groups in total. The van der Waals surface area contributed by atoms with Gasteiger partial charge in [0.15, 0.2) is 11.6 Å². The first-order chi connectivity index (χ1) is 11.5. The monoisotopic (exact) mass is 356 g/mol. The number of rotatable bonds is 6. The molecule has 1 aliphatic heterocycles. The third kappa shape index (κ3) is 3.66. The Labute approximate surface area is 139 Å². The second-order valence-electron chi connectivity index (χ2n) is 5.70. The molecule has 5 nitrogen and oxygen atoms in total. The summed E-state index contributed by atoms with van der Waals surface area (Å²) in [6.45, 7) is 1.81. The molecule has 1 aliphatic rings. The molecular formula is C16H18F2N2O3S. The Bertz CT molecular complexity index is 788. The van der Waals surface area contributed by atoms with Crippen molar-refractivity contribution in [3.63, 3.8) is 0 Å². The maximum atomic E-state index is 13.3. The van der Waals surface area contributed by atoms with Crippen molar-refractivity contribution in [2.75, 3.05) is 19.6 Å². The predicted molar refractivity (Wildman–Crippen MR) is 83.8 cm³/mol. The van der Waals surface area contributed by atoms with E-state index in [4.69, 9.17) is 4.42 Å². The minimum Gasteiger partial charge on any atom is -0.468 e. The Morgan fingerprint density at radius 1 is 1.17 bits per heavy atom. The van der Waals surface area contributed by atoms with E-state index in [0.717, 1.165) is 38.1 Å². The van der Waals surface area contributed by atoms with Crippen LogP contribution in [0.1, 0.15) is 24.6 Å². The molecule has 24 heavy (non-hydrogen) atoms. The molecule has 1 aromatic carbocycles. The minimum absolute atomic E-state index is 0.0921. The van der Waals surface area contributed by atoms with Crippen LogP contribution in [0.25, 0.3) is 0 Å². The number of nitrogens with zero attached hydrogens (tertiary/aromatic N) is 1. The third-order valence-corrected chi connectivity index (χ3v) is 5.54. The van der Waals surface area contributed by atoms with Crippen molar-refractivity contribution in [1.29, 1.82) is 0 Å². The Hall–Kier alpha value is -1.77. The molecular weight excluding hydrogens is 338 g/mol. The van der Waals surface area contributed by atoms with Gasteiger partial charge < -0.3 is 4.42 Å². The van der Waals surface area contributed by atoms with E-state index in [2.05, 4.69) is 9.62 Å². The van der Waals surface area contributed by atoms with Gasteiger partial charge in [-0.2, -0.15) is 0 Å². The quantitative estimate of drug-likeness (QED) is 0.864.